The van der Waals surface area contributed by atoms with Crippen LogP contribution >= 0.6 is 0 Å². The summed E-state index contributed by atoms with van der Waals surface area (Å²) < 4.78 is 25.6. The third kappa shape index (κ3) is 4.18. The Hall–Kier alpha value is -3.21. The van der Waals surface area contributed by atoms with Crippen LogP contribution in [0, 0.1) is 12.8 Å². The maximum absolute atomic E-state index is 12.8. The number of aryl methyl sites for hydroxylation is 1. The van der Waals surface area contributed by atoms with Gasteiger partial charge in [0, 0.05) is 24.6 Å². The SMILES string of the molecule is Cc1cccc(-n2nc3c(c2NC(=O)C(=O)N2CCC(C(N)=O)CC2)CS(=O)(=O)C3)c1. The molecular formula is C20H23N5O5S. The third-order valence-corrected chi connectivity index (χ3v) is 7.09. The summed E-state index contributed by atoms with van der Waals surface area (Å²) in [6, 6.07) is 7.37. The number of nitrogens with one attached hydrogen (secondary N) is 1. The molecule has 0 radical (unpaired) electrons. The lowest BCUT2D eigenvalue weighted by atomic mass is 9.96. The van der Waals surface area contributed by atoms with Crippen LogP contribution in [0.5, 0.6) is 0 Å². The van der Waals surface area contributed by atoms with Crippen LogP contribution in [0.1, 0.15) is 29.7 Å². The number of carbonyl (C=O) groups is 3. The average Bonchev–Trinajstić information content (AvgIpc) is 3.19. The highest BCUT2D eigenvalue weighted by Gasteiger charge is 2.35. The number of benzene rings is 1. The zero-order valence-electron chi connectivity index (χ0n) is 17.0. The number of nitrogens with zero attached hydrogens (tertiary/aromatic N) is 3. The Labute approximate surface area is 179 Å². The molecule has 3 N–H and O–H groups in total. The fourth-order valence-corrected chi connectivity index (χ4v) is 5.48. The van der Waals surface area contributed by atoms with E-state index in [-0.39, 0.29) is 36.3 Å². The van der Waals surface area contributed by atoms with E-state index in [1.54, 1.807) is 6.07 Å². The topological polar surface area (TPSA) is 144 Å². The van der Waals surface area contributed by atoms with E-state index in [1.165, 1.54) is 9.58 Å². The van der Waals surface area contributed by atoms with E-state index in [2.05, 4.69) is 10.4 Å². The molecule has 0 spiro atoms. The molecular weight excluding hydrogens is 422 g/mol. The minimum atomic E-state index is -3.35. The molecule has 4 rings (SSSR count). The lowest BCUT2D eigenvalue weighted by Crippen LogP contribution is -2.46. The van der Waals surface area contributed by atoms with E-state index in [1.807, 2.05) is 25.1 Å². The Bertz CT molecular complexity index is 1180. The normalized spacial score (nSPS) is 17.9. The van der Waals surface area contributed by atoms with Gasteiger partial charge in [0.2, 0.25) is 5.91 Å². The number of aromatic nitrogens is 2. The summed E-state index contributed by atoms with van der Waals surface area (Å²) in [6.07, 6.45) is 0.812. The fraction of sp³-hybridized carbons (Fsp3) is 0.400. The minimum absolute atomic E-state index is 0.187. The molecule has 1 aromatic heterocycles. The van der Waals surface area contributed by atoms with Crippen LogP contribution in [0.3, 0.4) is 0 Å². The molecule has 3 heterocycles. The van der Waals surface area contributed by atoms with Crippen molar-refractivity contribution < 1.29 is 22.8 Å². The number of nitrogens with two attached hydrogens (primary N) is 1. The van der Waals surface area contributed by atoms with Crippen molar-refractivity contribution in [1.82, 2.24) is 14.7 Å². The summed E-state index contributed by atoms with van der Waals surface area (Å²) in [6.45, 7) is 2.41. The molecule has 11 heteroatoms. The molecule has 3 amide bonds. The highest BCUT2D eigenvalue weighted by Crippen LogP contribution is 2.33. The monoisotopic (exact) mass is 445 g/mol. The highest BCUT2D eigenvalue weighted by atomic mass is 32.2. The zero-order chi connectivity index (χ0) is 22.3. The molecule has 1 saturated heterocycles. The molecule has 0 saturated carbocycles. The Kier molecular flexibility index (Phi) is 5.29. The second-order valence-corrected chi connectivity index (χ2v) is 10.0. The smallest absolute Gasteiger partial charge is 0.315 e. The Balaban J connectivity index is 1.60. The van der Waals surface area contributed by atoms with Gasteiger partial charge in [-0.3, -0.25) is 14.4 Å². The zero-order valence-corrected chi connectivity index (χ0v) is 17.8. The van der Waals surface area contributed by atoms with Gasteiger partial charge in [-0.25, -0.2) is 13.1 Å². The van der Waals surface area contributed by atoms with Crippen LogP contribution in [-0.4, -0.2) is 53.9 Å². The first-order valence-electron chi connectivity index (χ1n) is 9.92. The van der Waals surface area contributed by atoms with Crippen molar-refractivity contribution in [2.75, 3.05) is 18.4 Å². The molecule has 31 heavy (non-hydrogen) atoms. The molecule has 2 aliphatic heterocycles. The number of fused-ring (bicyclic) bond motifs is 1. The van der Waals surface area contributed by atoms with Gasteiger partial charge in [0.15, 0.2) is 9.84 Å². The van der Waals surface area contributed by atoms with E-state index in [4.69, 9.17) is 5.73 Å². The van der Waals surface area contributed by atoms with Gasteiger partial charge in [-0.15, -0.1) is 0 Å². The number of hydrogen-bond donors (Lipinski definition) is 2. The molecule has 0 bridgehead atoms. The van der Waals surface area contributed by atoms with Gasteiger partial charge in [0.1, 0.15) is 5.82 Å². The molecule has 2 aliphatic rings. The van der Waals surface area contributed by atoms with Crippen LogP contribution in [0.15, 0.2) is 24.3 Å². The number of piperidine rings is 1. The Morgan fingerprint density at radius 1 is 1.16 bits per heavy atom. The van der Waals surface area contributed by atoms with E-state index in [0.717, 1.165) is 5.56 Å². The summed E-state index contributed by atoms with van der Waals surface area (Å²) in [7, 11) is -3.35. The molecule has 0 atom stereocenters. The predicted octanol–water partition coefficient (Wildman–Crippen LogP) is 0.272. The molecule has 2 aromatic rings. The van der Waals surface area contributed by atoms with E-state index in [9.17, 15) is 22.8 Å². The maximum atomic E-state index is 12.8. The van der Waals surface area contributed by atoms with E-state index >= 15 is 0 Å². The van der Waals surface area contributed by atoms with E-state index in [0.29, 0.717) is 29.8 Å². The van der Waals surface area contributed by atoms with Gasteiger partial charge in [0.05, 0.1) is 22.9 Å². The van der Waals surface area contributed by atoms with Crippen LogP contribution in [-0.2, 0) is 35.7 Å². The van der Waals surface area contributed by atoms with Gasteiger partial charge >= 0.3 is 11.8 Å². The van der Waals surface area contributed by atoms with Gasteiger partial charge in [0.25, 0.3) is 0 Å². The first kappa shape index (κ1) is 21.0. The van der Waals surface area contributed by atoms with Crippen molar-refractivity contribution >= 4 is 33.4 Å². The molecule has 164 valence electrons. The van der Waals surface area contributed by atoms with Crippen molar-refractivity contribution in [1.29, 1.82) is 0 Å². The molecule has 0 aliphatic carbocycles. The number of likely N-dealkylation sites (tertiary alicyclic amines) is 1. The van der Waals surface area contributed by atoms with Crippen molar-refractivity contribution in [2.45, 2.75) is 31.3 Å². The highest BCUT2D eigenvalue weighted by molar-refractivity contribution is 7.90. The largest absolute Gasteiger partial charge is 0.369 e. The number of primary amides is 1. The van der Waals surface area contributed by atoms with Gasteiger partial charge in [-0.05, 0) is 37.5 Å². The number of amides is 3. The van der Waals surface area contributed by atoms with Crippen molar-refractivity contribution in [2.24, 2.45) is 11.7 Å². The first-order valence-corrected chi connectivity index (χ1v) is 11.7. The summed E-state index contributed by atoms with van der Waals surface area (Å²) in [4.78, 5) is 38.1. The van der Waals surface area contributed by atoms with Gasteiger partial charge in [-0.1, -0.05) is 12.1 Å². The molecule has 0 unspecified atom stereocenters. The molecule has 1 aromatic carbocycles. The van der Waals surface area contributed by atoms with Gasteiger partial charge in [-0.2, -0.15) is 5.10 Å². The Morgan fingerprint density at radius 3 is 2.52 bits per heavy atom. The maximum Gasteiger partial charge on any atom is 0.315 e. The molecule has 1 fully saturated rings. The second kappa shape index (κ2) is 7.80. The lowest BCUT2D eigenvalue weighted by molar-refractivity contribution is -0.144. The number of hydrogen-bond acceptors (Lipinski definition) is 6. The lowest BCUT2D eigenvalue weighted by Gasteiger charge is -2.30. The third-order valence-electron chi connectivity index (χ3n) is 5.64. The quantitative estimate of drug-likeness (QED) is 0.649. The fourth-order valence-electron chi connectivity index (χ4n) is 3.99. The first-order chi connectivity index (χ1) is 14.6. The predicted molar refractivity (Wildman–Crippen MR) is 112 cm³/mol. The van der Waals surface area contributed by atoms with Gasteiger partial charge < -0.3 is 16.0 Å². The standard InChI is InChI=1S/C20H23N5O5S/c1-12-3-2-4-14(9-12)25-18(15-10-31(29,30)11-16(15)23-25)22-19(27)20(28)24-7-5-13(6-8-24)17(21)26/h2-4,9,13H,5-8,10-11H2,1H3,(H2,21,26)(H,22,27). The Morgan fingerprint density at radius 2 is 1.87 bits per heavy atom. The summed E-state index contributed by atoms with van der Waals surface area (Å²) in [5.41, 5.74) is 7.69. The summed E-state index contributed by atoms with van der Waals surface area (Å²) in [5, 5.41) is 6.99. The van der Waals surface area contributed by atoms with Crippen LogP contribution < -0.4 is 11.1 Å². The summed E-state index contributed by atoms with van der Waals surface area (Å²) >= 11 is 0. The number of sulfone groups is 1. The summed E-state index contributed by atoms with van der Waals surface area (Å²) in [5.74, 6) is -2.60. The molecule has 10 nitrogen and oxygen atoms in total. The second-order valence-electron chi connectivity index (χ2n) is 7.98. The van der Waals surface area contributed by atoms with Crippen molar-refractivity contribution in [3.63, 3.8) is 0 Å². The van der Waals surface area contributed by atoms with Crippen LogP contribution in [0.4, 0.5) is 5.82 Å². The number of carbonyl (C=O) groups excluding carboxylic acids is 3. The average molecular weight is 446 g/mol. The van der Waals surface area contributed by atoms with Crippen molar-refractivity contribution in [3.05, 3.63) is 41.1 Å². The van der Waals surface area contributed by atoms with E-state index < -0.39 is 27.6 Å². The minimum Gasteiger partial charge on any atom is -0.369 e. The number of rotatable bonds is 3. The van der Waals surface area contributed by atoms with Crippen molar-refractivity contribution in [3.8, 4) is 5.69 Å². The van der Waals surface area contributed by atoms with Crippen LogP contribution in [0.25, 0.3) is 5.69 Å². The van der Waals surface area contributed by atoms with Crippen LogP contribution in [0.2, 0.25) is 0 Å². The number of anilines is 1.